The number of amides is 2. The number of piperidine rings is 1. The van der Waals surface area contributed by atoms with Crippen molar-refractivity contribution >= 4 is 11.8 Å². The van der Waals surface area contributed by atoms with Crippen LogP contribution < -0.4 is 0 Å². The van der Waals surface area contributed by atoms with Crippen molar-refractivity contribution in [2.24, 2.45) is 0 Å². The van der Waals surface area contributed by atoms with Crippen molar-refractivity contribution in [3.8, 4) is 0 Å². The molecule has 1 N–H and O–H groups in total. The lowest BCUT2D eigenvalue weighted by atomic mass is 9.99. The van der Waals surface area contributed by atoms with Crippen molar-refractivity contribution in [3.05, 3.63) is 35.1 Å². The summed E-state index contributed by atoms with van der Waals surface area (Å²) in [6.07, 6.45) is -7.58. The van der Waals surface area contributed by atoms with Gasteiger partial charge in [0.2, 0.25) is 6.10 Å². The van der Waals surface area contributed by atoms with Crippen molar-refractivity contribution in [1.29, 1.82) is 0 Å². The third-order valence-corrected chi connectivity index (χ3v) is 4.86. The maximum atomic E-state index is 14.2. The zero-order valence-corrected chi connectivity index (χ0v) is 16.0. The summed E-state index contributed by atoms with van der Waals surface area (Å²) < 4.78 is 51.8. The van der Waals surface area contributed by atoms with Gasteiger partial charge < -0.3 is 14.9 Å². The minimum absolute atomic E-state index is 0.0243. The van der Waals surface area contributed by atoms with E-state index >= 15 is 0 Å². The van der Waals surface area contributed by atoms with E-state index in [9.17, 15) is 27.2 Å². The summed E-state index contributed by atoms with van der Waals surface area (Å²) in [6, 6.07) is 3.71. The van der Waals surface area contributed by atoms with Gasteiger partial charge in [0, 0.05) is 25.2 Å². The molecule has 2 amide bonds. The number of hydrogen-bond acceptors (Lipinski definition) is 3. The van der Waals surface area contributed by atoms with Gasteiger partial charge in [0.05, 0.1) is 5.56 Å². The van der Waals surface area contributed by atoms with Gasteiger partial charge in [-0.05, 0) is 51.3 Å². The summed E-state index contributed by atoms with van der Waals surface area (Å²) in [5, 5.41) is 9.14. The van der Waals surface area contributed by atoms with Crippen molar-refractivity contribution in [1.82, 2.24) is 9.80 Å². The molecule has 0 aromatic heterocycles. The van der Waals surface area contributed by atoms with Crippen LogP contribution in [0, 0.1) is 12.7 Å². The average Bonchev–Trinajstić information content (AvgIpc) is 2.60. The lowest BCUT2D eigenvalue weighted by molar-refractivity contribution is -0.211. The molecular formula is C19H24F4N2O3. The predicted octanol–water partition coefficient (Wildman–Crippen LogP) is 2.90. The number of aryl methyl sites for hydroxylation is 1. The molecule has 1 atom stereocenters. The zero-order chi connectivity index (χ0) is 21.2. The van der Waals surface area contributed by atoms with Crippen LogP contribution in [0.1, 0.15) is 42.6 Å². The lowest BCUT2D eigenvalue weighted by Gasteiger charge is -2.41. The fourth-order valence-corrected chi connectivity index (χ4v) is 3.43. The maximum absolute atomic E-state index is 14.2. The molecule has 1 fully saturated rings. The molecule has 0 bridgehead atoms. The smallest absolute Gasteiger partial charge is 0.376 e. The second kappa shape index (κ2) is 8.46. The first-order valence-corrected chi connectivity index (χ1v) is 9.06. The number of carbonyl (C=O) groups is 2. The van der Waals surface area contributed by atoms with E-state index in [1.165, 1.54) is 17.0 Å². The van der Waals surface area contributed by atoms with E-state index < -0.39 is 29.9 Å². The number of hydrogen-bond donors (Lipinski definition) is 1. The highest BCUT2D eigenvalue weighted by Crippen LogP contribution is 2.26. The molecule has 5 nitrogen and oxygen atoms in total. The highest BCUT2D eigenvalue weighted by atomic mass is 19.4. The minimum Gasteiger partial charge on any atom is -0.376 e. The van der Waals surface area contributed by atoms with Crippen LogP contribution in [0.2, 0.25) is 0 Å². The molecule has 9 heteroatoms. The predicted molar refractivity (Wildman–Crippen MR) is 94.1 cm³/mol. The number of benzene rings is 1. The van der Waals surface area contributed by atoms with Crippen LogP contribution in [0.5, 0.6) is 0 Å². The van der Waals surface area contributed by atoms with E-state index in [1.807, 2.05) is 0 Å². The Morgan fingerprint density at radius 1 is 1.21 bits per heavy atom. The summed E-state index contributed by atoms with van der Waals surface area (Å²) >= 11 is 0. The third kappa shape index (κ3) is 4.81. The van der Waals surface area contributed by atoms with Crippen molar-refractivity contribution in [2.45, 2.75) is 58.0 Å². The molecule has 1 aromatic rings. The fourth-order valence-electron chi connectivity index (χ4n) is 3.43. The van der Waals surface area contributed by atoms with E-state index in [0.29, 0.717) is 5.56 Å². The second-order valence-corrected chi connectivity index (χ2v) is 7.29. The molecule has 1 aliphatic rings. The number of likely N-dealkylation sites (tertiary alicyclic amines) is 1. The molecule has 0 radical (unpaired) electrons. The Bertz CT molecular complexity index is 728. The van der Waals surface area contributed by atoms with E-state index in [1.54, 1.807) is 26.8 Å². The topological polar surface area (TPSA) is 60.9 Å². The summed E-state index contributed by atoms with van der Waals surface area (Å²) in [7, 11) is 0. The van der Waals surface area contributed by atoms with E-state index in [0.717, 1.165) is 4.90 Å². The number of alkyl halides is 3. The first-order valence-electron chi connectivity index (χ1n) is 9.06. The number of rotatable bonds is 4. The molecule has 1 unspecified atom stereocenters. The van der Waals surface area contributed by atoms with Crippen LogP contribution in [-0.4, -0.2) is 64.2 Å². The highest BCUT2D eigenvalue weighted by molar-refractivity contribution is 5.95. The Hall–Kier alpha value is -2.16. The molecule has 0 spiro atoms. The van der Waals surface area contributed by atoms with Gasteiger partial charge in [0.15, 0.2) is 0 Å². The summed E-state index contributed by atoms with van der Waals surface area (Å²) in [6.45, 7) is 5.20. The Morgan fingerprint density at radius 2 is 1.79 bits per heavy atom. The summed E-state index contributed by atoms with van der Waals surface area (Å²) in [5.41, 5.74) is 0.616. The van der Waals surface area contributed by atoms with Crippen LogP contribution >= 0.6 is 0 Å². The molecule has 1 aliphatic heterocycles. The number of aliphatic hydroxyl groups excluding tert-OH is 1. The largest absolute Gasteiger partial charge is 0.423 e. The minimum atomic E-state index is -5.02. The quantitative estimate of drug-likeness (QED) is 0.785. The Morgan fingerprint density at radius 3 is 2.25 bits per heavy atom. The van der Waals surface area contributed by atoms with Crippen LogP contribution in [0.25, 0.3) is 0 Å². The number of halogens is 4. The SMILES string of the molecule is Cc1ccc(C(=O)N(C(C)C)C2CCN(C(=O)C(O)C(F)(F)F)CC2)c(F)c1. The number of aliphatic hydroxyl groups is 1. The molecule has 28 heavy (non-hydrogen) atoms. The second-order valence-electron chi connectivity index (χ2n) is 7.29. The van der Waals surface area contributed by atoms with Gasteiger partial charge in [-0.3, -0.25) is 9.59 Å². The highest BCUT2D eigenvalue weighted by Gasteiger charge is 2.46. The van der Waals surface area contributed by atoms with Crippen molar-refractivity contribution in [3.63, 3.8) is 0 Å². The molecular weight excluding hydrogens is 380 g/mol. The molecule has 1 aromatic carbocycles. The lowest BCUT2D eigenvalue weighted by Crippen LogP contribution is -2.54. The molecule has 2 rings (SSSR count). The first kappa shape index (κ1) is 22.1. The van der Waals surface area contributed by atoms with Gasteiger partial charge in [-0.15, -0.1) is 0 Å². The maximum Gasteiger partial charge on any atom is 0.423 e. The van der Waals surface area contributed by atoms with Gasteiger partial charge in [0.1, 0.15) is 5.82 Å². The third-order valence-electron chi connectivity index (χ3n) is 4.86. The molecule has 156 valence electrons. The first-order chi connectivity index (χ1) is 12.9. The Kier molecular flexibility index (Phi) is 6.69. The van der Waals surface area contributed by atoms with Gasteiger partial charge in [-0.25, -0.2) is 4.39 Å². The van der Waals surface area contributed by atoms with Gasteiger partial charge >= 0.3 is 6.18 Å². The van der Waals surface area contributed by atoms with E-state index in [-0.39, 0.29) is 43.6 Å². The van der Waals surface area contributed by atoms with E-state index in [2.05, 4.69) is 0 Å². The normalized spacial score (nSPS) is 17.0. The van der Waals surface area contributed by atoms with Crippen LogP contribution in [0.4, 0.5) is 17.6 Å². The van der Waals surface area contributed by atoms with Gasteiger partial charge in [-0.2, -0.15) is 13.2 Å². The Labute approximate surface area is 160 Å². The van der Waals surface area contributed by atoms with Crippen molar-refractivity contribution < 1.29 is 32.3 Å². The molecule has 0 aliphatic carbocycles. The zero-order valence-electron chi connectivity index (χ0n) is 16.0. The molecule has 1 heterocycles. The monoisotopic (exact) mass is 404 g/mol. The van der Waals surface area contributed by atoms with Crippen LogP contribution in [0.15, 0.2) is 18.2 Å². The molecule has 0 saturated carbocycles. The molecule has 1 saturated heterocycles. The fraction of sp³-hybridized carbons (Fsp3) is 0.579. The standard InChI is InChI=1S/C19H24F4N2O3/c1-11(2)25(17(27)14-5-4-12(3)10-15(14)20)13-6-8-24(9-7-13)18(28)16(26)19(21,22)23/h4-5,10-11,13,16,26H,6-9H2,1-3H3. The number of nitrogens with zero attached hydrogens (tertiary/aromatic N) is 2. The van der Waals surface area contributed by atoms with Gasteiger partial charge in [0.25, 0.3) is 11.8 Å². The van der Waals surface area contributed by atoms with Crippen LogP contribution in [0.3, 0.4) is 0 Å². The van der Waals surface area contributed by atoms with Crippen molar-refractivity contribution in [2.75, 3.05) is 13.1 Å². The summed E-state index contributed by atoms with van der Waals surface area (Å²) in [5.74, 6) is -2.51. The average molecular weight is 404 g/mol. The summed E-state index contributed by atoms with van der Waals surface area (Å²) in [4.78, 5) is 27.2. The Balaban J connectivity index is 2.11. The van der Waals surface area contributed by atoms with Crippen LogP contribution in [-0.2, 0) is 4.79 Å². The van der Waals surface area contributed by atoms with Gasteiger partial charge in [-0.1, -0.05) is 6.07 Å². The number of carbonyl (C=O) groups excluding carboxylic acids is 2. The van der Waals surface area contributed by atoms with E-state index in [4.69, 9.17) is 5.11 Å².